The highest BCUT2D eigenvalue weighted by molar-refractivity contribution is 5.76. The van der Waals surface area contributed by atoms with Crippen LogP contribution >= 0.6 is 0 Å². The van der Waals surface area contributed by atoms with Crippen LogP contribution in [0, 0.1) is 5.82 Å². The Morgan fingerprint density at radius 1 is 1.15 bits per heavy atom. The van der Waals surface area contributed by atoms with Gasteiger partial charge in [0.2, 0.25) is 5.91 Å². The van der Waals surface area contributed by atoms with Crippen LogP contribution < -0.4 is 4.74 Å². The van der Waals surface area contributed by atoms with Crippen LogP contribution in [0.1, 0.15) is 17.5 Å². The van der Waals surface area contributed by atoms with E-state index in [9.17, 15) is 9.18 Å². The van der Waals surface area contributed by atoms with Crippen molar-refractivity contribution in [1.82, 2.24) is 4.90 Å². The zero-order chi connectivity index (χ0) is 18.4. The molecule has 26 heavy (non-hydrogen) atoms. The number of hydrogen-bond acceptors (Lipinski definition) is 3. The van der Waals surface area contributed by atoms with Crippen LogP contribution in [0.5, 0.6) is 5.75 Å². The van der Waals surface area contributed by atoms with E-state index in [0.29, 0.717) is 39.0 Å². The van der Waals surface area contributed by atoms with Crippen LogP contribution in [0.4, 0.5) is 4.39 Å². The number of morpholine rings is 1. The van der Waals surface area contributed by atoms with Crippen LogP contribution in [0.3, 0.4) is 0 Å². The summed E-state index contributed by atoms with van der Waals surface area (Å²) in [6, 6.07) is 14.2. The first-order valence-electron chi connectivity index (χ1n) is 8.91. The predicted molar refractivity (Wildman–Crippen MR) is 97.7 cm³/mol. The summed E-state index contributed by atoms with van der Waals surface area (Å²) in [5.41, 5.74) is 2.14. The maximum Gasteiger partial charge on any atom is 0.223 e. The average molecular weight is 357 g/mol. The molecule has 0 saturated carbocycles. The minimum Gasteiger partial charge on any atom is -0.497 e. The molecule has 3 rings (SSSR count). The van der Waals surface area contributed by atoms with Crippen molar-refractivity contribution in [3.63, 3.8) is 0 Å². The summed E-state index contributed by atoms with van der Waals surface area (Å²) in [6.45, 7) is 1.75. The fraction of sp³-hybridized carbons (Fsp3) is 0.381. The molecule has 1 atom stereocenters. The van der Waals surface area contributed by atoms with Gasteiger partial charge in [-0.1, -0.05) is 24.3 Å². The molecule has 4 nitrogen and oxygen atoms in total. The van der Waals surface area contributed by atoms with Crippen molar-refractivity contribution in [2.75, 3.05) is 26.8 Å². The summed E-state index contributed by atoms with van der Waals surface area (Å²) in [5, 5.41) is 0. The van der Waals surface area contributed by atoms with Crippen LogP contribution in [-0.2, 0) is 22.4 Å². The van der Waals surface area contributed by atoms with Gasteiger partial charge in [0.1, 0.15) is 11.6 Å². The third-order valence-corrected chi connectivity index (χ3v) is 4.65. The topological polar surface area (TPSA) is 38.8 Å². The number of halogens is 1. The fourth-order valence-corrected chi connectivity index (χ4v) is 3.15. The lowest BCUT2D eigenvalue weighted by Crippen LogP contribution is -2.46. The van der Waals surface area contributed by atoms with E-state index in [2.05, 4.69) is 0 Å². The largest absolute Gasteiger partial charge is 0.497 e. The molecule has 0 aliphatic carbocycles. The Balaban J connectivity index is 1.49. The van der Waals surface area contributed by atoms with E-state index in [0.717, 1.165) is 16.9 Å². The van der Waals surface area contributed by atoms with Crippen molar-refractivity contribution in [1.29, 1.82) is 0 Å². The first kappa shape index (κ1) is 18.4. The summed E-state index contributed by atoms with van der Waals surface area (Å²) in [6.07, 6.45) is 1.83. The molecule has 0 unspecified atom stereocenters. The molecule has 1 heterocycles. The molecule has 1 fully saturated rings. The number of aryl methyl sites for hydroxylation is 1. The maximum atomic E-state index is 13.0. The molecule has 1 aliphatic heterocycles. The van der Waals surface area contributed by atoms with E-state index in [-0.39, 0.29) is 17.8 Å². The lowest BCUT2D eigenvalue weighted by molar-refractivity contribution is -0.138. The Labute approximate surface area is 153 Å². The van der Waals surface area contributed by atoms with Gasteiger partial charge >= 0.3 is 0 Å². The smallest absolute Gasteiger partial charge is 0.223 e. The van der Waals surface area contributed by atoms with Gasteiger partial charge in [-0.3, -0.25) is 4.79 Å². The third-order valence-electron chi connectivity index (χ3n) is 4.65. The molecule has 0 aromatic heterocycles. The number of benzene rings is 2. The SMILES string of the molecule is COc1ccc(CCC(=O)N2CCO[C@@H](Cc3ccc(F)cc3)C2)cc1. The number of hydrogen-bond donors (Lipinski definition) is 0. The van der Waals surface area contributed by atoms with Crippen molar-refractivity contribution in [3.8, 4) is 5.75 Å². The van der Waals surface area contributed by atoms with Crippen LogP contribution in [-0.4, -0.2) is 43.7 Å². The Kier molecular flexibility index (Phi) is 6.23. The Bertz CT molecular complexity index is 715. The maximum absolute atomic E-state index is 13.0. The van der Waals surface area contributed by atoms with Gasteiger partial charge in [-0.15, -0.1) is 0 Å². The highest BCUT2D eigenvalue weighted by Gasteiger charge is 2.24. The fourth-order valence-electron chi connectivity index (χ4n) is 3.15. The number of rotatable bonds is 6. The minimum atomic E-state index is -0.242. The van der Waals surface area contributed by atoms with Crippen molar-refractivity contribution >= 4 is 5.91 Å². The summed E-state index contributed by atoms with van der Waals surface area (Å²) < 4.78 is 23.9. The molecule has 0 bridgehead atoms. The molecule has 2 aromatic rings. The van der Waals surface area contributed by atoms with Crippen LogP contribution in [0.15, 0.2) is 48.5 Å². The second-order valence-electron chi connectivity index (χ2n) is 6.51. The average Bonchev–Trinajstić information content (AvgIpc) is 2.68. The van der Waals surface area contributed by atoms with Crippen molar-refractivity contribution in [2.24, 2.45) is 0 Å². The summed E-state index contributed by atoms with van der Waals surface area (Å²) in [4.78, 5) is 14.4. The summed E-state index contributed by atoms with van der Waals surface area (Å²) in [5.74, 6) is 0.721. The number of carbonyl (C=O) groups excluding carboxylic acids is 1. The molecule has 0 radical (unpaired) electrons. The van der Waals surface area contributed by atoms with E-state index in [1.807, 2.05) is 29.2 Å². The lowest BCUT2D eigenvalue weighted by atomic mass is 10.1. The second-order valence-corrected chi connectivity index (χ2v) is 6.51. The van der Waals surface area contributed by atoms with Gasteiger partial charge in [0.25, 0.3) is 0 Å². The molecule has 1 aliphatic rings. The highest BCUT2D eigenvalue weighted by atomic mass is 19.1. The van der Waals surface area contributed by atoms with Crippen molar-refractivity contribution < 1.29 is 18.7 Å². The zero-order valence-corrected chi connectivity index (χ0v) is 15.0. The lowest BCUT2D eigenvalue weighted by Gasteiger charge is -2.33. The van der Waals surface area contributed by atoms with Crippen LogP contribution in [0.2, 0.25) is 0 Å². The minimum absolute atomic E-state index is 0.0425. The van der Waals surface area contributed by atoms with Crippen molar-refractivity contribution in [3.05, 3.63) is 65.5 Å². The molecule has 0 spiro atoms. The van der Waals surface area contributed by atoms with E-state index < -0.39 is 0 Å². The Morgan fingerprint density at radius 2 is 1.85 bits per heavy atom. The molecule has 2 aromatic carbocycles. The normalized spacial score (nSPS) is 17.2. The van der Waals surface area contributed by atoms with Gasteiger partial charge in [0, 0.05) is 25.9 Å². The Morgan fingerprint density at radius 3 is 2.54 bits per heavy atom. The first-order valence-corrected chi connectivity index (χ1v) is 8.91. The predicted octanol–water partition coefficient (Wildman–Crippen LogP) is 3.24. The standard InChI is InChI=1S/C21H24FNO3/c1-25-19-9-4-16(5-10-19)6-11-21(24)23-12-13-26-20(15-23)14-17-2-7-18(22)8-3-17/h2-5,7-10,20H,6,11-15H2,1H3/t20-/m0/s1. The Hall–Kier alpha value is -2.40. The van der Waals surface area contributed by atoms with Crippen LogP contribution in [0.25, 0.3) is 0 Å². The van der Waals surface area contributed by atoms with Gasteiger partial charge in [-0.05, 0) is 41.8 Å². The molecular formula is C21H24FNO3. The van der Waals surface area contributed by atoms with Gasteiger partial charge in [-0.25, -0.2) is 4.39 Å². The monoisotopic (exact) mass is 357 g/mol. The van der Waals surface area contributed by atoms with E-state index >= 15 is 0 Å². The number of nitrogens with zero attached hydrogens (tertiary/aromatic N) is 1. The first-order chi connectivity index (χ1) is 12.6. The van der Waals surface area contributed by atoms with Gasteiger partial charge in [0.05, 0.1) is 19.8 Å². The summed E-state index contributed by atoms with van der Waals surface area (Å²) >= 11 is 0. The molecule has 1 amide bonds. The molecular weight excluding hydrogens is 333 g/mol. The molecule has 5 heteroatoms. The number of ether oxygens (including phenoxy) is 2. The molecule has 0 N–H and O–H groups in total. The van der Waals surface area contributed by atoms with Crippen molar-refractivity contribution in [2.45, 2.75) is 25.4 Å². The third kappa shape index (κ3) is 5.05. The number of carbonyl (C=O) groups is 1. The van der Waals surface area contributed by atoms with Gasteiger partial charge in [-0.2, -0.15) is 0 Å². The highest BCUT2D eigenvalue weighted by Crippen LogP contribution is 2.16. The second kappa shape index (κ2) is 8.81. The number of amides is 1. The van der Waals surface area contributed by atoms with E-state index in [1.165, 1.54) is 12.1 Å². The van der Waals surface area contributed by atoms with Gasteiger partial charge < -0.3 is 14.4 Å². The molecule has 1 saturated heterocycles. The van der Waals surface area contributed by atoms with Gasteiger partial charge in [0.15, 0.2) is 0 Å². The van der Waals surface area contributed by atoms with E-state index in [4.69, 9.17) is 9.47 Å². The number of methoxy groups -OCH3 is 1. The molecule has 138 valence electrons. The quantitative estimate of drug-likeness (QED) is 0.797. The summed E-state index contributed by atoms with van der Waals surface area (Å²) in [7, 11) is 1.64. The zero-order valence-electron chi connectivity index (χ0n) is 15.0. The van der Waals surface area contributed by atoms with E-state index in [1.54, 1.807) is 19.2 Å².